The van der Waals surface area contributed by atoms with Crippen LogP contribution in [0.15, 0.2) is 24.3 Å². The van der Waals surface area contributed by atoms with Gasteiger partial charge >= 0.3 is 5.97 Å². The van der Waals surface area contributed by atoms with Crippen molar-refractivity contribution < 1.29 is 9.53 Å². The molecule has 0 spiro atoms. The number of carbonyl (C=O) groups is 1. The zero-order valence-electron chi connectivity index (χ0n) is 11.2. The predicted molar refractivity (Wildman–Crippen MR) is 76.7 cm³/mol. The van der Waals surface area contributed by atoms with Gasteiger partial charge in [0.1, 0.15) is 0 Å². The highest BCUT2D eigenvalue weighted by Gasteiger charge is 2.15. The molecular formula is C14H16N2O2S. The molecule has 1 aromatic heterocycles. The van der Waals surface area contributed by atoms with Gasteiger partial charge < -0.3 is 10.1 Å². The number of hydrogen-bond donors (Lipinski definition) is 1. The summed E-state index contributed by atoms with van der Waals surface area (Å²) in [6.45, 7) is 4.61. The number of hydrogen-bond acceptors (Lipinski definition) is 5. The number of anilines is 1. The van der Waals surface area contributed by atoms with Crippen LogP contribution in [-0.2, 0) is 11.3 Å². The van der Waals surface area contributed by atoms with Crippen molar-refractivity contribution in [3.8, 4) is 0 Å². The van der Waals surface area contributed by atoms with Gasteiger partial charge in [-0.05, 0) is 19.4 Å². The van der Waals surface area contributed by atoms with E-state index in [1.54, 1.807) is 0 Å². The summed E-state index contributed by atoms with van der Waals surface area (Å²) in [5, 5.41) is 3.95. The van der Waals surface area contributed by atoms with Crippen molar-refractivity contribution in [1.29, 1.82) is 0 Å². The molecule has 0 fully saturated rings. The molecular weight excluding hydrogens is 260 g/mol. The number of esters is 1. The first-order chi connectivity index (χ1) is 9.10. The van der Waals surface area contributed by atoms with Crippen LogP contribution in [0.2, 0.25) is 0 Å². The molecule has 0 saturated heterocycles. The first-order valence-electron chi connectivity index (χ1n) is 5.95. The average Bonchev–Trinajstić information content (AvgIpc) is 2.78. The molecule has 0 unspecified atom stereocenters. The minimum absolute atomic E-state index is 0.388. The maximum atomic E-state index is 11.5. The van der Waals surface area contributed by atoms with Crippen LogP contribution in [0.3, 0.4) is 0 Å². The van der Waals surface area contributed by atoms with Crippen LogP contribution in [0.5, 0.6) is 0 Å². The number of benzene rings is 1. The third kappa shape index (κ3) is 3.32. The second-order valence-corrected chi connectivity index (χ2v) is 5.46. The molecule has 0 saturated carbocycles. The van der Waals surface area contributed by atoms with Crippen LogP contribution in [-0.4, -0.2) is 18.1 Å². The molecule has 4 nitrogen and oxygen atoms in total. The van der Waals surface area contributed by atoms with E-state index in [2.05, 4.69) is 46.2 Å². The lowest BCUT2D eigenvalue weighted by Crippen LogP contribution is -2.04. The Balaban J connectivity index is 2.04. The Morgan fingerprint density at radius 1 is 1.32 bits per heavy atom. The molecule has 0 bridgehead atoms. The van der Waals surface area contributed by atoms with Crippen LogP contribution in [0.4, 0.5) is 5.13 Å². The fraction of sp³-hybridized carbons (Fsp3) is 0.286. The van der Waals surface area contributed by atoms with Crippen molar-refractivity contribution in [2.24, 2.45) is 0 Å². The van der Waals surface area contributed by atoms with Gasteiger partial charge in [-0.1, -0.05) is 29.8 Å². The molecule has 0 radical (unpaired) electrons. The fourth-order valence-electron chi connectivity index (χ4n) is 1.64. The highest BCUT2D eigenvalue weighted by Crippen LogP contribution is 2.23. The lowest BCUT2D eigenvalue weighted by atomic mass is 10.1. The third-order valence-corrected chi connectivity index (χ3v) is 3.67. The van der Waals surface area contributed by atoms with Gasteiger partial charge in [-0.2, -0.15) is 0 Å². The Morgan fingerprint density at radius 2 is 2.00 bits per heavy atom. The normalized spacial score (nSPS) is 10.3. The maximum Gasteiger partial charge on any atom is 0.357 e. The molecule has 100 valence electrons. The summed E-state index contributed by atoms with van der Waals surface area (Å²) in [6.07, 6.45) is 0. The first kappa shape index (κ1) is 13.5. The summed E-state index contributed by atoms with van der Waals surface area (Å²) >= 11 is 1.46. The lowest BCUT2D eigenvalue weighted by Gasteiger charge is -2.03. The van der Waals surface area contributed by atoms with E-state index in [1.807, 2.05) is 6.92 Å². The summed E-state index contributed by atoms with van der Waals surface area (Å²) < 4.78 is 4.68. The van der Waals surface area contributed by atoms with Crippen molar-refractivity contribution in [1.82, 2.24) is 4.98 Å². The molecule has 2 rings (SSSR count). The zero-order valence-corrected chi connectivity index (χ0v) is 12.0. The second-order valence-electron chi connectivity index (χ2n) is 4.25. The third-order valence-electron chi connectivity index (χ3n) is 2.74. The Hall–Kier alpha value is -1.88. The monoisotopic (exact) mass is 276 g/mol. The lowest BCUT2D eigenvalue weighted by molar-refractivity contribution is 0.0594. The van der Waals surface area contributed by atoms with Crippen molar-refractivity contribution in [3.63, 3.8) is 0 Å². The Bertz CT molecular complexity index is 576. The van der Waals surface area contributed by atoms with E-state index < -0.39 is 5.97 Å². The molecule has 2 aromatic rings. The first-order valence-corrected chi connectivity index (χ1v) is 6.77. The average molecular weight is 276 g/mol. The molecule has 1 heterocycles. The standard InChI is InChI=1S/C14H16N2O2S/c1-9-4-6-11(7-5-9)8-15-14-16-12(10(2)19-14)13(17)18-3/h4-7H,8H2,1-3H3,(H,15,16). The van der Waals surface area contributed by atoms with E-state index in [0.717, 1.165) is 10.0 Å². The van der Waals surface area contributed by atoms with Gasteiger partial charge in [0.2, 0.25) is 0 Å². The highest BCUT2D eigenvalue weighted by atomic mass is 32.1. The van der Waals surface area contributed by atoms with Crippen LogP contribution >= 0.6 is 11.3 Å². The van der Waals surface area contributed by atoms with Gasteiger partial charge in [-0.25, -0.2) is 9.78 Å². The van der Waals surface area contributed by atoms with E-state index in [0.29, 0.717) is 12.2 Å². The fourth-order valence-corrected chi connectivity index (χ4v) is 2.44. The van der Waals surface area contributed by atoms with Crippen LogP contribution in [0.1, 0.15) is 26.5 Å². The van der Waals surface area contributed by atoms with Gasteiger partial charge in [-0.15, -0.1) is 11.3 Å². The van der Waals surface area contributed by atoms with Crippen molar-refractivity contribution in [2.75, 3.05) is 12.4 Å². The van der Waals surface area contributed by atoms with Gasteiger partial charge in [-0.3, -0.25) is 0 Å². The molecule has 0 aliphatic heterocycles. The number of carbonyl (C=O) groups excluding carboxylic acids is 1. The maximum absolute atomic E-state index is 11.5. The van der Waals surface area contributed by atoms with Crippen molar-refractivity contribution in [3.05, 3.63) is 46.0 Å². The molecule has 0 aliphatic carbocycles. The predicted octanol–water partition coefficient (Wildman–Crippen LogP) is 3.16. The molecule has 1 N–H and O–H groups in total. The van der Waals surface area contributed by atoms with Crippen molar-refractivity contribution in [2.45, 2.75) is 20.4 Å². The minimum Gasteiger partial charge on any atom is -0.464 e. The summed E-state index contributed by atoms with van der Waals surface area (Å²) in [5.41, 5.74) is 2.80. The summed E-state index contributed by atoms with van der Waals surface area (Å²) in [7, 11) is 1.36. The molecule has 19 heavy (non-hydrogen) atoms. The van der Waals surface area contributed by atoms with Gasteiger partial charge in [0.15, 0.2) is 10.8 Å². The number of thiazole rings is 1. The number of nitrogens with one attached hydrogen (secondary N) is 1. The molecule has 5 heteroatoms. The Labute approximate surface area is 116 Å². The summed E-state index contributed by atoms with van der Waals surface area (Å²) in [6, 6.07) is 8.29. The quantitative estimate of drug-likeness (QED) is 0.872. The number of nitrogens with zero attached hydrogens (tertiary/aromatic N) is 1. The number of ether oxygens (including phenoxy) is 1. The number of methoxy groups -OCH3 is 1. The smallest absolute Gasteiger partial charge is 0.357 e. The molecule has 0 atom stereocenters. The van der Waals surface area contributed by atoms with E-state index in [-0.39, 0.29) is 0 Å². The summed E-state index contributed by atoms with van der Waals surface area (Å²) in [5.74, 6) is -0.392. The largest absolute Gasteiger partial charge is 0.464 e. The van der Waals surface area contributed by atoms with E-state index in [1.165, 1.54) is 29.6 Å². The van der Waals surface area contributed by atoms with Crippen molar-refractivity contribution >= 4 is 22.4 Å². The summed E-state index contributed by atoms with van der Waals surface area (Å²) in [4.78, 5) is 16.6. The van der Waals surface area contributed by atoms with Gasteiger partial charge in [0.25, 0.3) is 0 Å². The van der Waals surface area contributed by atoms with Crippen LogP contribution in [0.25, 0.3) is 0 Å². The zero-order chi connectivity index (χ0) is 13.8. The SMILES string of the molecule is COC(=O)c1nc(NCc2ccc(C)cc2)sc1C. The number of rotatable bonds is 4. The number of aromatic nitrogens is 1. The van der Waals surface area contributed by atoms with Crippen LogP contribution < -0.4 is 5.32 Å². The van der Waals surface area contributed by atoms with E-state index in [9.17, 15) is 4.79 Å². The minimum atomic E-state index is -0.392. The Morgan fingerprint density at radius 3 is 2.63 bits per heavy atom. The van der Waals surface area contributed by atoms with E-state index in [4.69, 9.17) is 0 Å². The highest BCUT2D eigenvalue weighted by molar-refractivity contribution is 7.15. The topological polar surface area (TPSA) is 51.2 Å². The number of aryl methyl sites for hydroxylation is 2. The van der Waals surface area contributed by atoms with E-state index >= 15 is 0 Å². The molecule has 0 aliphatic rings. The van der Waals surface area contributed by atoms with Crippen LogP contribution in [0, 0.1) is 13.8 Å². The van der Waals surface area contributed by atoms with Gasteiger partial charge in [0.05, 0.1) is 7.11 Å². The van der Waals surface area contributed by atoms with Gasteiger partial charge in [0, 0.05) is 11.4 Å². The molecule has 0 amide bonds. The second kappa shape index (κ2) is 5.84. The molecule has 1 aromatic carbocycles. The Kier molecular flexibility index (Phi) is 4.16.